The second kappa shape index (κ2) is 35.1. The van der Waals surface area contributed by atoms with Crippen molar-refractivity contribution in [2.24, 2.45) is 0 Å². The van der Waals surface area contributed by atoms with Crippen molar-refractivity contribution in [2.75, 3.05) is 28.8 Å². The van der Waals surface area contributed by atoms with Crippen molar-refractivity contribution in [3.8, 4) is 11.5 Å². The molecule has 0 radical (unpaired) electrons. The van der Waals surface area contributed by atoms with Crippen LogP contribution in [0.25, 0.3) is 10.9 Å². The van der Waals surface area contributed by atoms with Gasteiger partial charge in [0.15, 0.2) is 28.6 Å². The number of aliphatic hydroxyl groups is 5. The van der Waals surface area contributed by atoms with Gasteiger partial charge in [-0.2, -0.15) is 0 Å². The van der Waals surface area contributed by atoms with Crippen LogP contribution in [0, 0.1) is 0 Å². The number of hydrogen-bond donors (Lipinski definition) is 8. The minimum atomic E-state index is -1.40. The molecule has 5 aliphatic heterocycles. The monoisotopic (exact) mass is 1610 g/mol. The van der Waals surface area contributed by atoms with E-state index in [1.807, 2.05) is 160 Å². The topological polar surface area (TPSA) is 225 Å². The Morgan fingerprint density at radius 2 is 0.745 bits per heavy atom. The van der Waals surface area contributed by atoms with Crippen LogP contribution in [-0.2, 0) is 61.3 Å². The number of thioether (sulfide) groups is 5. The molecule has 28 heteroatoms. The maximum absolute atomic E-state index is 11.2. The Morgan fingerprint density at radius 1 is 0.358 bits per heavy atom. The Balaban J connectivity index is 0.000000124. The number of H-pyrrole nitrogens is 1. The van der Waals surface area contributed by atoms with Crippen molar-refractivity contribution in [1.29, 1.82) is 0 Å². The number of phenolic OH excluding ortho intramolecular Hbond substituents is 2. The van der Waals surface area contributed by atoms with Crippen molar-refractivity contribution in [3.63, 3.8) is 0 Å². The van der Waals surface area contributed by atoms with Crippen molar-refractivity contribution >= 4 is 164 Å². The first-order valence-electron chi connectivity index (χ1n) is 33.1. The molecule has 5 fully saturated rings. The Morgan fingerprint density at radius 3 is 1.16 bits per heavy atom. The van der Waals surface area contributed by atoms with Crippen molar-refractivity contribution in [1.82, 2.24) is 49.4 Å². The molecule has 10 heterocycles. The van der Waals surface area contributed by atoms with Crippen LogP contribution in [0.5, 0.6) is 11.5 Å². The molecule has 5 unspecified atom stereocenters. The second-order valence-corrected chi connectivity index (χ2v) is 33.4. The van der Waals surface area contributed by atoms with E-state index >= 15 is 0 Å². The van der Waals surface area contributed by atoms with E-state index in [1.165, 1.54) is 70.3 Å². The van der Waals surface area contributed by atoms with Crippen LogP contribution < -0.4 is 0 Å². The maximum Gasteiger partial charge on any atom is 0.179 e. The molecule has 5 aliphatic rings. The summed E-state index contributed by atoms with van der Waals surface area (Å²) in [6.07, 6.45) is 15.8. The molecule has 17 nitrogen and oxygen atoms in total. The quantitative estimate of drug-likeness (QED) is 0.0447. The number of fused-ring (bicyclic) bond motifs is 1. The molecular weight excluding hydrogens is 1550 g/mol. The lowest BCUT2D eigenvalue weighted by atomic mass is 10.0. The van der Waals surface area contributed by atoms with Gasteiger partial charge in [-0.15, -0.1) is 0 Å². The molecule has 542 valence electrons. The molecule has 5 saturated heterocycles. The summed E-state index contributed by atoms with van der Waals surface area (Å²) in [5.41, 5.74) is 4.22. The normalized spacial score (nSPS) is 21.8. The van der Waals surface area contributed by atoms with Crippen molar-refractivity contribution in [3.05, 3.63) is 323 Å². The molecule has 16 rings (SSSR count). The number of benzene rings is 6. The van der Waals surface area contributed by atoms with E-state index in [9.17, 15) is 35.7 Å². The number of thiocarbonyl (C=S) groups is 5. The zero-order valence-electron chi connectivity index (χ0n) is 56.5. The highest BCUT2D eigenvalue weighted by atomic mass is 35.5. The van der Waals surface area contributed by atoms with E-state index in [4.69, 9.17) is 72.7 Å². The lowest BCUT2D eigenvalue weighted by Gasteiger charge is -2.34. The summed E-state index contributed by atoms with van der Waals surface area (Å²) in [7, 11) is 0. The molecule has 0 bridgehead atoms. The zero-order chi connectivity index (χ0) is 74.5. The second-order valence-electron chi connectivity index (χ2n) is 24.9. The number of aromatic nitrogens is 5. The van der Waals surface area contributed by atoms with Gasteiger partial charge in [0, 0.05) is 127 Å². The first kappa shape index (κ1) is 77.9. The summed E-state index contributed by atoms with van der Waals surface area (Å²) in [5.74, 6) is 2.57. The third kappa shape index (κ3) is 18.0. The molecule has 0 amide bonds. The van der Waals surface area contributed by atoms with Gasteiger partial charge in [-0.1, -0.05) is 253 Å². The maximum atomic E-state index is 11.2. The number of hydrogen-bond acceptors (Lipinski definition) is 21. The van der Waals surface area contributed by atoms with E-state index in [2.05, 4.69) is 49.2 Å². The fourth-order valence-electron chi connectivity index (χ4n) is 12.3. The van der Waals surface area contributed by atoms with Crippen LogP contribution in [0.2, 0.25) is 5.02 Å². The fourth-order valence-corrected chi connectivity index (χ4v) is 19.5. The van der Waals surface area contributed by atoms with Crippen LogP contribution in [0.4, 0.5) is 0 Å². The van der Waals surface area contributed by atoms with Crippen LogP contribution in [0.3, 0.4) is 0 Å². The summed E-state index contributed by atoms with van der Waals surface area (Å²) in [6, 6.07) is 64.1. The average molecular weight is 1620 g/mol. The van der Waals surface area contributed by atoms with Crippen LogP contribution >= 0.6 is 131 Å². The average Bonchev–Trinajstić information content (AvgIpc) is 1.62. The number of nitrogens with one attached hydrogen (secondary N) is 1. The Bertz CT molecular complexity index is 4750. The smallest absolute Gasteiger partial charge is 0.179 e. The first-order chi connectivity index (χ1) is 51.2. The molecule has 106 heavy (non-hydrogen) atoms. The molecule has 5 aromatic heterocycles. The fraction of sp³-hybridized carbons (Fsp3) is 0.192. The number of nitrogens with zero attached hydrogens (tertiary/aromatic N) is 9. The Labute approximate surface area is 667 Å². The molecule has 0 aliphatic carbocycles. The summed E-state index contributed by atoms with van der Waals surface area (Å²) in [4.78, 5) is 28.6. The van der Waals surface area contributed by atoms with E-state index in [0.29, 0.717) is 86.3 Å². The Hall–Kier alpha value is -7.65. The largest absolute Gasteiger partial charge is 0.508 e. The van der Waals surface area contributed by atoms with E-state index < -0.39 is 28.6 Å². The van der Waals surface area contributed by atoms with Crippen LogP contribution in [0.15, 0.2) is 262 Å². The SMILES string of the molecule is OC1(c2ccccc2)CSC(=S)N1Cc1ccc2[nH]ccc2c1.OC1(c2ccccc2)CSC(=S)N1Cc1cccnc1.OC1(c2ccccc2)CSC(=S)N1Cc1ccncc1.Oc1ccc(Cl)cc1C1(O)CSC(=S)N1Cc1cccnc1.Oc1cccc(C2(O)CSC(=S)N2Cc2ccncc2)c1. The molecule has 11 aromatic rings. The number of aromatic hydroxyl groups is 2. The minimum Gasteiger partial charge on any atom is -0.508 e. The van der Waals surface area contributed by atoms with Gasteiger partial charge in [-0.05, 0) is 118 Å². The predicted octanol–water partition coefficient (Wildman–Crippen LogP) is 15.0. The summed E-state index contributed by atoms with van der Waals surface area (Å²) in [6.45, 7) is 2.64. The van der Waals surface area contributed by atoms with Crippen LogP contribution in [0.1, 0.15) is 55.6 Å². The lowest BCUT2D eigenvalue weighted by Crippen LogP contribution is -2.44. The van der Waals surface area contributed by atoms with Gasteiger partial charge < -0.3 is 65.2 Å². The van der Waals surface area contributed by atoms with E-state index in [-0.39, 0.29) is 11.5 Å². The van der Waals surface area contributed by atoms with Gasteiger partial charge in [0.25, 0.3) is 0 Å². The third-order valence-electron chi connectivity index (χ3n) is 18.0. The molecule has 5 atom stereocenters. The number of halogens is 1. The Kier molecular flexibility index (Phi) is 25.8. The number of rotatable bonds is 15. The third-order valence-corrected chi connectivity index (χ3v) is 26.2. The van der Waals surface area contributed by atoms with Gasteiger partial charge >= 0.3 is 0 Å². The zero-order valence-corrected chi connectivity index (χ0v) is 65.4. The van der Waals surface area contributed by atoms with Gasteiger partial charge in [0.1, 0.15) is 33.1 Å². The standard InChI is InChI=1S/C18H16N2OS2.C15H13ClN2O2S2.C15H14N2O2S2.2C15H14N2OS2/c21-18(15-4-2-1-3-5-15)12-23-17(22)20(18)11-13-6-7-16-14(10-13)8-9-19-16;16-11-3-4-13(19)12(6-11)15(20)9-22-14(21)18(15)8-10-2-1-5-17-7-10;18-13-3-1-2-12(8-13)15(19)10-21-14(20)17(15)9-11-4-6-16-7-5-11;18-15(13-6-2-1-3-7-13)11-20-14(19)17(15)10-12-5-4-8-16-9-12;18-15(13-4-2-1-3-5-13)11-20-14(19)17(15)10-12-6-8-16-9-7-12/h1-10,19,21H,11-12H2;1-7,19-20H,8-9H2;1-8,18-19H,9-10H2;2*1-9,18H,10-11H2. The molecule has 0 saturated carbocycles. The molecule has 6 aromatic carbocycles. The number of aromatic amines is 1. The van der Waals surface area contributed by atoms with Gasteiger partial charge in [0.2, 0.25) is 0 Å². The summed E-state index contributed by atoms with van der Waals surface area (Å²) < 4.78 is 3.42. The highest BCUT2D eigenvalue weighted by Crippen LogP contribution is 2.47. The summed E-state index contributed by atoms with van der Waals surface area (Å²) >= 11 is 40.4. The van der Waals surface area contributed by atoms with Gasteiger partial charge in [0.05, 0.1) is 28.8 Å². The predicted molar refractivity (Wildman–Crippen MR) is 448 cm³/mol. The number of phenols is 2. The highest BCUT2D eigenvalue weighted by molar-refractivity contribution is 8.24. The van der Waals surface area contributed by atoms with Gasteiger partial charge in [-0.3, -0.25) is 19.9 Å². The number of pyridine rings is 4. The first-order valence-corrected chi connectivity index (χ1v) is 40.4. The summed E-state index contributed by atoms with van der Waals surface area (Å²) in [5, 5.41) is 76.9. The highest BCUT2D eigenvalue weighted by Gasteiger charge is 2.49. The van der Waals surface area contributed by atoms with Crippen molar-refractivity contribution in [2.45, 2.75) is 61.3 Å². The molecular formula is C78H71ClN10O7S10. The molecule has 8 N–H and O–H groups in total. The minimum absolute atomic E-state index is 0.00612. The van der Waals surface area contributed by atoms with E-state index in [0.717, 1.165) is 63.0 Å². The van der Waals surface area contributed by atoms with Gasteiger partial charge in [-0.25, -0.2) is 0 Å². The van der Waals surface area contributed by atoms with Crippen LogP contribution in [-0.4, -0.2) is 136 Å². The van der Waals surface area contributed by atoms with E-state index in [1.54, 1.807) is 95.8 Å². The van der Waals surface area contributed by atoms with Crippen molar-refractivity contribution < 1.29 is 35.7 Å². The molecule has 0 spiro atoms. The lowest BCUT2D eigenvalue weighted by molar-refractivity contribution is -0.0526.